The minimum absolute atomic E-state index is 0.226. The quantitative estimate of drug-likeness (QED) is 0.443. The number of hydrogen-bond acceptors (Lipinski definition) is 2. The van der Waals surface area contributed by atoms with Crippen molar-refractivity contribution in [3.8, 4) is 0 Å². The summed E-state index contributed by atoms with van der Waals surface area (Å²) < 4.78 is 0. The number of rotatable bonds is 3. The smallest absolute Gasteiger partial charge is 0.251 e. The summed E-state index contributed by atoms with van der Waals surface area (Å²) in [7, 11) is 0. The van der Waals surface area contributed by atoms with Crippen molar-refractivity contribution in [2.24, 2.45) is 5.11 Å². The topological polar surface area (TPSA) is 77.9 Å². The lowest BCUT2D eigenvalue weighted by Gasteiger charge is -2.03. The van der Waals surface area contributed by atoms with Crippen LogP contribution in [0, 0.1) is 0 Å². The molecule has 5 nitrogen and oxygen atoms in total. The molecule has 5 heteroatoms. The molecule has 0 spiro atoms. The first-order valence-electron chi connectivity index (χ1n) is 4.22. The average Bonchev–Trinajstić information content (AvgIpc) is 2.19. The van der Waals surface area contributed by atoms with E-state index in [0.29, 0.717) is 17.8 Å². The maximum Gasteiger partial charge on any atom is 0.251 e. The van der Waals surface area contributed by atoms with Crippen LogP contribution in [0.25, 0.3) is 10.4 Å². The fourth-order valence-corrected chi connectivity index (χ4v) is 1.06. The van der Waals surface area contributed by atoms with E-state index in [9.17, 15) is 4.79 Å². The molecule has 72 valence electrons. The van der Waals surface area contributed by atoms with Crippen LogP contribution >= 0.6 is 0 Å². The number of carbonyl (C=O) groups is 1. The Hall–Kier alpha value is -2.00. The van der Waals surface area contributed by atoms with Crippen molar-refractivity contribution < 1.29 is 4.79 Å². The number of benzene rings is 1. The summed E-state index contributed by atoms with van der Waals surface area (Å²) in [6, 6.07) is 6.66. The van der Waals surface area contributed by atoms with Crippen LogP contribution in [-0.2, 0) is 0 Å². The molecule has 0 aliphatic carbocycles. The van der Waals surface area contributed by atoms with Crippen LogP contribution in [0.1, 0.15) is 17.3 Å². The Kier molecular flexibility index (Phi) is 3.52. The Labute approximate surface area is 81.4 Å². The van der Waals surface area contributed by atoms with Gasteiger partial charge >= 0.3 is 0 Å². The fourth-order valence-electron chi connectivity index (χ4n) is 1.06. The van der Waals surface area contributed by atoms with Gasteiger partial charge < -0.3 is 5.32 Å². The van der Waals surface area contributed by atoms with Gasteiger partial charge in [0.2, 0.25) is 0 Å². The molecule has 0 saturated heterocycles. The highest BCUT2D eigenvalue weighted by Gasteiger charge is 2.07. The molecule has 1 aromatic carbocycles. The van der Waals surface area contributed by atoms with Crippen molar-refractivity contribution >= 4 is 11.6 Å². The predicted molar refractivity (Wildman–Crippen MR) is 53.3 cm³/mol. The summed E-state index contributed by atoms with van der Waals surface area (Å²) >= 11 is 0. The van der Waals surface area contributed by atoms with Gasteiger partial charge in [-0.3, -0.25) is 4.79 Å². The standard InChI is InChI=1S/C9H10N4O/c1-2-11-9(14)7-5-3-4-6-8(7)12-13-10/h3-6H,2H2,1H3,(H,11,14). The minimum atomic E-state index is -0.226. The van der Waals surface area contributed by atoms with Crippen molar-refractivity contribution in [3.63, 3.8) is 0 Å². The van der Waals surface area contributed by atoms with Gasteiger partial charge in [0.05, 0.1) is 5.69 Å². The second-order valence-corrected chi connectivity index (χ2v) is 2.57. The van der Waals surface area contributed by atoms with Crippen LogP contribution in [0.2, 0.25) is 0 Å². The van der Waals surface area contributed by atoms with E-state index >= 15 is 0 Å². The second-order valence-electron chi connectivity index (χ2n) is 2.57. The van der Waals surface area contributed by atoms with Gasteiger partial charge in [0.1, 0.15) is 0 Å². The summed E-state index contributed by atoms with van der Waals surface area (Å²) in [6.07, 6.45) is 0. The number of nitrogens with zero attached hydrogens (tertiary/aromatic N) is 3. The lowest BCUT2D eigenvalue weighted by molar-refractivity contribution is 0.0956. The van der Waals surface area contributed by atoms with Crippen molar-refractivity contribution in [1.29, 1.82) is 0 Å². The van der Waals surface area contributed by atoms with Gasteiger partial charge in [-0.2, -0.15) is 0 Å². The van der Waals surface area contributed by atoms with Gasteiger partial charge in [0.25, 0.3) is 5.91 Å². The monoisotopic (exact) mass is 190 g/mol. The van der Waals surface area contributed by atoms with Crippen LogP contribution in [0.4, 0.5) is 5.69 Å². The molecule has 0 radical (unpaired) electrons. The molecule has 0 aliphatic heterocycles. The number of hydrogen-bond donors (Lipinski definition) is 1. The van der Waals surface area contributed by atoms with Crippen LogP contribution < -0.4 is 5.32 Å². The Balaban J connectivity index is 3.06. The summed E-state index contributed by atoms with van der Waals surface area (Å²) in [5, 5.41) is 6.07. The molecule has 0 bridgehead atoms. The van der Waals surface area contributed by atoms with Crippen LogP contribution in [-0.4, -0.2) is 12.5 Å². The maximum atomic E-state index is 11.4. The van der Waals surface area contributed by atoms with E-state index in [0.717, 1.165) is 0 Å². The first-order valence-corrected chi connectivity index (χ1v) is 4.22. The Morgan fingerprint density at radius 1 is 1.57 bits per heavy atom. The average molecular weight is 190 g/mol. The van der Waals surface area contributed by atoms with Crippen LogP contribution in [0.3, 0.4) is 0 Å². The lowest BCUT2D eigenvalue weighted by atomic mass is 10.1. The third-order valence-electron chi connectivity index (χ3n) is 1.64. The number of azide groups is 1. The normalized spacial score (nSPS) is 8.93. The largest absolute Gasteiger partial charge is 0.352 e. The van der Waals surface area contributed by atoms with Crippen LogP contribution in [0.5, 0.6) is 0 Å². The summed E-state index contributed by atoms with van der Waals surface area (Å²) in [5.74, 6) is -0.226. The molecule has 0 atom stereocenters. The van der Waals surface area contributed by atoms with E-state index in [1.807, 2.05) is 6.92 Å². The van der Waals surface area contributed by atoms with E-state index in [4.69, 9.17) is 5.53 Å². The van der Waals surface area contributed by atoms with Gasteiger partial charge in [-0.25, -0.2) is 0 Å². The molecule has 14 heavy (non-hydrogen) atoms. The van der Waals surface area contributed by atoms with Crippen molar-refractivity contribution in [2.45, 2.75) is 6.92 Å². The van der Waals surface area contributed by atoms with Gasteiger partial charge in [0.15, 0.2) is 0 Å². The second kappa shape index (κ2) is 4.89. The van der Waals surface area contributed by atoms with Crippen molar-refractivity contribution in [3.05, 3.63) is 40.3 Å². The molecule has 0 aliphatic rings. The van der Waals surface area contributed by atoms with Crippen molar-refractivity contribution in [1.82, 2.24) is 5.32 Å². The van der Waals surface area contributed by atoms with Crippen LogP contribution in [0.15, 0.2) is 29.4 Å². The fraction of sp³-hybridized carbons (Fsp3) is 0.222. The zero-order valence-corrected chi connectivity index (χ0v) is 7.77. The Morgan fingerprint density at radius 2 is 2.29 bits per heavy atom. The van der Waals surface area contributed by atoms with Gasteiger partial charge in [-0.15, -0.1) is 0 Å². The third-order valence-corrected chi connectivity index (χ3v) is 1.64. The van der Waals surface area contributed by atoms with E-state index in [1.54, 1.807) is 24.3 Å². The van der Waals surface area contributed by atoms with E-state index in [1.165, 1.54) is 0 Å². The molecular weight excluding hydrogens is 180 g/mol. The number of carbonyl (C=O) groups excluding carboxylic acids is 1. The SMILES string of the molecule is CCNC(=O)c1ccccc1N=[N+]=[N-]. The molecule has 1 aromatic rings. The first-order chi connectivity index (χ1) is 6.79. The van der Waals surface area contributed by atoms with Gasteiger partial charge in [0, 0.05) is 17.0 Å². The molecule has 1 N–H and O–H groups in total. The van der Waals surface area contributed by atoms with E-state index < -0.39 is 0 Å². The molecule has 0 fully saturated rings. The molecule has 0 unspecified atom stereocenters. The number of nitrogens with one attached hydrogen (secondary N) is 1. The highest BCUT2D eigenvalue weighted by molar-refractivity contribution is 5.98. The van der Waals surface area contributed by atoms with Gasteiger partial charge in [-0.1, -0.05) is 23.3 Å². The van der Waals surface area contributed by atoms with Crippen molar-refractivity contribution in [2.75, 3.05) is 6.54 Å². The van der Waals surface area contributed by atoms with E-state index in [2.05, 4.69) is 15.3 Å². The highest BCUT2D eigenvalue weighted by atomic mass is 16.1. The molecule has 1 amide bonds. The number of amides is 1. The van der Waals surface area contributed by atoms with Gasteiger partial charge in [-0.05, 0) is 18.5 Å². The zero-order chi connectivity index (χ0) is 10.4. The maximum absolute atomic E-state index is 11.4. The zero-order valence-electron chi connectivity index (χ0n) is 7.77. The molecule has 0 heterocycles. The first kappa shape index (κ1) is 10.1. The summed E-state index contributed by atoms with van der Waals surface area (Å²) in [4.78, 5) is 14.1. The minimum Gasteiger partial charge on any atom is -0.352 e. The molecular formula is C9H10N4O. The Bertz CT molecular complexity index is 382. The third kappa shape index (κ3) is 2.24. The molecule has 0 saturated carbocycles. The summed E-state index contributed by atoms with van der Waals surface area (Å²) in [6.45, 7) is 2.37. The lowest BCUT2D eigenvalue weighted by Crippen LogP contribution is -2.22. The molecule has 0 aromatic heterocycles. The Morgan fingerprint density at radius 3 is 2.93 bits per heavy atom. The molecule has 1 rings (SSSR count). The van der Waals surface area contributed by atoms with E-state index in [-0.39, 0.29) is 5.91 Å². The highest BCUT2D eigenvalue weighted by Crippen LogP contribution is 2.18. The summed E-state index contributed by atoms with van der Waals surface area (Å²) in [5.41, 5.74) is 9.03. The predicted octanol–water partition coefficient (Wildman–Crippen LogP) is 2.38.